The lowest BCUT2D eigenvalue weighted by molar-refractivity contribution is 0.0164. The van der Waals surface area contributed by atoms with Crippen molar-refractivity contribution in [1.29, 1.82) is 0 Å². The second-order valence-electron chi connectivity index (χ2n) is 9.47. The van der Waals surface area contributed by atoms with Crippen LogP contribution in [0.4, 0.5) is 9.18 Å². The number of rotatable bonds is 5. The summed E-state index contributed by atoms with van der Waals surface area (Å²) >= 11 is 0. The molecule has 178 valence electrons. The van der Waals surface area contributed by atoms with Gasteiger partial charge in [0.05, 0.1) is 12.9 Å². The fourth-order valence-corrected chi connectivity index (χ4v) is 4.62. The van der Waals surface area contributed by atoms with E-state index in [0.29, 0.717) is 39.2 Å². The molecule has 1 fully saturated rings. The molecule has 2 heterocycles. The first-order valence-electron chi connectivity index (χ1n) is 11.0. The molecule has 0 aromatic heterocycles. The van der Waals surface area contributed by atoms with E-state index in [9.17, 15) is 17.6 Å². The first-order chi connectivity index (χ1) is 14.9. The number of carbonyl (C=O) groups excluding carboxylic acids is 1. The summed E-state index contributed by atoms with van der Waals surface area (Å²) in [5.41, 5.74) is 1.17. The van der Waals surface area contributed by atoms with Crippen LogP contribution < -0.4 is 4.74 Å². The Kier molecular flexibility index (Phi) is 7.50. The van der Waals surface area contributed by atoms with Crippen molar-refractivity contribution in [2.45, 2.75) is 45.6 Å². The van der Waals surface area contributed by atoms with E-state index < -0.39 is 21.4 Å². The summed E-state index contributed by atoms with van der Waals surface area (Å²) < 4.78 is 50.4. The predicted molar refractivity (Wildman–Crippen MR) is 121 cm³/mol. The van der Waals surface area contributed by atoms with Crippen LogP contribution in [0.5, 0.6) is 5.75 Å². The van der Waals surface area contributed by atoms with Crippen molar-refractivity contribution < 1.29 is 27.1 Å². The summed E-state index contributed by atoms with van der Waals surface area (Å²) in [7, 11) is -3.22. The van der Waals surface area contributed by atoms with Crippen molar-refractivity contribution in [2.24, 2.45) is 5.92 Å². The fraction of sp³-hybridized carbons (Fsp3) is 0.609. The number of hydrogen-bond donors (Lipinski definition) is 0. The topological polar surface area (TPSA) is 76.2 Å². The molecular weight excluding hydrogens is 435 g/mol. The molecule has 1 saturated heterocycles. The zero-order valence-electron chi connectivity index (χ0n) is 19.3. The Morgan fingerprint density at radius 2 is 1.88 bits per heavy atom. The third-order valence-corrected chi connectivity index (χ3v) is 6.95. The molecule has 0 unspecified atom stereocenters. The Bertz CT molecular complexity index is 963. The minimum absolute atomic E-state index is 0.206. The number of likely N-dealkylation sites (tertiary alicyclic amines) is 1. The van der Waals surface area contributed by atoms with Gasteiger partial charge in [-0.2, -0.15) is 4.31 Å². The molecule has 1 aromatic rings. The highest BCUT2D eigenvalue weighted by Gasteiger charge is 2.27. The normalized spacial score (nSPS) is 18.9. The van der Waals surface area contributed by atoms with Crippen LogP contribution in [0.2, 0.25) is 0 Å². The van der Waals surface area contributed by atoms with Crippen LogP contribution >= 0.6 is 0 Å². The SMILES string of the molecule is CC(C)(C)OC(=O)N1CCC(COc2ccc(C3=CCN(S(C)(=O)=O)CC3)cc2F)CC1. The number of hydrogen-bond acceptors (Lipinski definition) is 5. The number of amides is 1. The van der Waals surface area contributed by atoms with Crippen LogP contribution in [0.15, 0.2) is 24.3 Å². The van der Waals surface area contributed by atoms with Crippen molar-refractivity contribution in [2.75, 3.05) is 39.0 Å². The lowest BCUT2D eigenvalue weighted by Crippen LogP contribution is -2.42. The Morgan fingerprint density at radius 1 is 1.19 bits per heavy atom. The molecular formula is C23H33FN2O5S. The highest BCUT2D eigenvalue weighted by molar-refractivity contribution is 7.88. The molecule has 0 spiro atoms. The molecule has 3 rings (SSSR count). The smallest absolute Gasteiger partial charge is 0.410 e. The number of sulfonamides is 1. The molecule has 1 aromatic carbocycles. The van der Waals surface area contributed by atoms with E-state index in [2.05, 4.69) is 0 Å². The minimum Gasteiger partial charge on any atom is -0.490 e. The summed E-state index contributed by atoms with van der Waals surface area (Å²) in [5, 5.41) is 0. The summed E-state index contributed by atoms with van der Waals surface area (Å²) in [6.45, 7) is 7.83. The number of benzene rings is 1. The Morgan fingerprint density at radius 3 is 2.41 bits per heavy atom. The molecule has 1 amide bonds. The van der Waals surface area contributed by atoms with E-state index in [-0.39, 0.29) is 17.8 Å². The first kappa shape index (κ1) is 24.5. The lowest BCUT2D eigenvalue weighted by atomic mass is 9.98. The van der Waals surface area contributed by atoms with Gasteiger partial charge in [0.1, 0.15) is 5.60 Å². The van der Waals surface area contributed by atoms with E-state index in [0.717, 1.165) is 24.0 Å². The van der Waals surface area contributed by atoms with Gasteiger partial charge in [-0.1, -0.05) is 12.1 Å². The van der Waals surface area contributed by atoms with E-state index >= 15 is 0 Å². The van der Waals surface area contributed by atoms with Gasteiger partial charge in [-0.25, -0.2) is 17.6 Å². The van der Waals surface area contributed by atoms with Crippen LogP contribution in [0.1, 0.15) is 45.6 Å². The maximum absolute atomic E-state index is 14.6. The quantitative estimate of drug-likeness (QED) is 0.655. The summed E-state index contributed by atoms with van der Waals surface area (Å²) in [5.74, 6) is 0.0217. The molecule has 0 bridgehead atoms. The standard InChI is InChI=1S/C23H33FN2O5S/c1-23(2,3)31-22(27)25-11-7-17(8-12-25)16-30-21-6-5-19(15-20(21)24)18-9-13-26(14-10-18)32(4,28)29/h5-6,9,15,17H,7-8,10-14,16H2,1-4H3. The maximum Gasteiger partial charge on any atom is 0.410 e. The third kappa shape index (κ3) is 6.68. The third-order valence-electron chi connectivity index (χ3n) is 5.68. The fourth-order valence-electron chi connectivity index (χ4n) is 3.85. The Balaban J connectivity index is 1.50. The highest BCUT2D eigenvalue weighted by atomic mass is 32.2. The van der Waals surface area contributed by atoms with Crippen LogP contribution in [0.25, 0.3) is 5.57 Å². The molecule has 2 aliphatic heterocycles. The molecule has 0 radical (unpaired) electrons. The van der Waals surface area contributed by atoms with Crippen molar-refractivity contribution in [3.63, 3.8) is 0 Å². The minimum atomic E-state index is -3.22. The number of halogens is 1. The first-order valence-corrected chi connectivity index (χ1v) is 12.8. The van der Waals surface area contributed by atoms with Gasteiger partial charge in [0, 0.05) is 26.2 Å². The molecule has 0 atom stereocenters. The van der Waals surface area contributed by atoms with Crippen LogP contribution in [-0.2, 0) is 14.8 Å². The maximum atomic E-state index is 14.6. The van der Waals surface area contributed by atoms with Crippen LogP contribution in [-0.4, -0.2) is 68.4 Å². The second kappa shape index (κ2) is 9.79. The van der Waals surface area contributed by atoms with E-state index in [4.69, 9.17) is 9.47 Å². The van der Waals surface area contributed by atoms with Gasteiger partial charge >= 0.3 is 6.09 Å². The van der Waals surface area contributed by atoms with Gasteiger partial charge in [0.25, 0.3) is 0 Å². The summed E-state index contributed by atoms with van der Waals surface area (Å²) in [6.07, 6.45) is 4.83. The van der Waals surface area contributed by atoms with E-state index in [1.54, 1.807) is 11.0 Å². The molecule has 0 saturated carbocycles. The van der Waals surface area contributed by atoms with Crippen LogP contribution in [0, 0.1) is 11.7 Å². The van der Waals surface area contributed by atoms with Crippen molar-refractivity contribution in [3.8, 4) is 5.75 Å². The highest BCUT2D eigenvalue weighted by Crippen LogP contribution is 2.28. The van der Waals surface area contributed by atoms with Gasteiger partial charge in [-0.3, -0.25) is 0 Å². The predicted octanol–water partition coefficient (Wildman–Crippen LogP) is 3.90. The zero-order valence-corrected chi connectivity index (χ0v) is 20.1. The molecule has 32 heavy (non-hydrogen) atoms. The van der Waals surface area contributed by atoms with E-state index in [1.165, 1.54) is 16.6 Å². The van der Waals surface area contributed by atoms with Crippen molar-refractivity contribution in [1.82, 2.24) is 9.21 Å². The lowest BCUT2D eigenvalue weighted by Gasteiger charge is -2.33. The number of piperidine rings is 1. The number of nitrogens with zero attached hydrogens (tertiary/aromatic N) is 2. The number of ether oxygens (including phenoxy) is 2. The summed E-state index contributed by atoms with van der Waals surface area (Å²) in [4.78, 5) is 13.9. The van der Waals surface area contributed by atoms with Crippen molar-refractivity contribution in [3.05, 3.63) is 35.7 Å². The Labute approximate surface area is 190 Å². The van der Waals surface area contributed by atoms with Gasteiger partial charge in [0.2, 0.25) is 10.0 Å². The summed E-state index contributed by atoms with van der Waals surface area (Å²) in [6, 6.07) is 4.89. The van der Waals surface area contributed by atoms with Gasteiger partial charge in [-0.05, 0) is 69.2 Å². The number of carbonyl (C=O) groups is 1. The van der Waals surface area contributed by atoms with E-state index in [1.807, 2.05) is 32.9 Å². The average Bonchev–Trinajstić information content (AvgIpc) is 2.71. The second-order valence-corrected chi connectivity index (χ2v) is 11.4. The molecule has 0 aliphatic carbocycles. The largest absolute Gasteiger partial charge is 0.490 e. The Hall–Kier alpha value is -2.13. The van der Waals surface area contributed by atoms with Crippen LogP contribution in [0.3, 0.4) is 0 Å². The van der Waals surface area contributed by atoms with Crippen molar-refractivity contribution >= 4 is 21.7 Å². The van der Waals surface area contributed by atoms with Gasteiger partial charge < -0.3 is 14.4 Å². The molecule has 0 N–H and O–H groups in total. The molecule has 9 heteroatoms. The zero-order chi connectivity index (χ0) is 23.5. The molecule has 7 nitrogen and oxygen atoms in total. The molecule has 2 aliphatic rings. The average molecular weight is 469 g/mol. The van der Waals surface area contributed by atoms with Gasteiger partial charge in [0.15, 0.2) is 11.6 Å². The monoisotopic (exact) mass is 468 g/mol. The van der Waals surface area contributed by atoms with Gasteiger partial charge in [-0.15, -0.1) is 0 Å².